The van der Waals surface area contributed by atoms with E-state index in [4.69, 9.17) is 10.8 Å². The summed E-state index contributed by atoms with van der Waals surface area (Å²) in [5, 5.41) is 8.87. The van der Waals surface area contributed by atoms with E-state index in [1.807, 2.05) is 0 Å². The first-order valence-corrected chi connectivity index (χ1v) is 6.83. The molecule has 0 fully saturated rings. The zero-order valence-electron chi connectivity index (χ0n) is 9.78. The fraction of sp³-hybridized carbons (Fsp3) is 0. The lowest BCUT2D eigenvalue weighted by molar-refractivity contribution is 0.0696. The maximum atomic E-state index is 12.3. The predicted molar refractivity (Wildman–Crippen MR) is 69.7 cm³/mol. The largest absolute Gasteiger partial charge is 0.478 e. The summed E-state index contributed by atoms with van der Waals surface area (Å²) in [6, 6.07) is 11.1. The first-order chi connectivity index (χ1) is 8.91. The van der Waals surface area contributed by atoms with Crippen molar-refractivity contribution in [1.82, 2.24) is 0 Å². The Bertz CT molecular complexity index is 738. The Morgan fingerprint density at radius 2 is 1.58 bits per heavy atom. The molecule has 0 aliphatic carbocycles. The molecule has 0 atom stereocenters. The van der Waals surface area contributed by atoms with Gasteiger partial charge in [-0.3, -0.25) is 0 Å². The zero-order valence-corrected chi connectivity index (χ0v) is 10.6. The summed E-state index contributed by atoms with van der Waals surface area (Å²) < 4.78 is 24.6. The summed E-state index contributed by atoms with van der Waals surface area (Å²) in [6.07, 6.45) is 0. The van der Waals surface area contributed by atoms with Crippen molar-refractivity contribution >= 4 is 21.5 Å². The molecule has 19 heavy (non-hydrogen) atoms. The lowest BCUT2D eigenvalue weighted by Gasteiger charge is -2.06. The minimum atomic E-state index is -3.76. The van der Waals surface area contributed by atoms with Crippen LogP contribution in [0.4, 0.5) is 5.69 Å². The Balaban J connectivity index is 2.57. The highest BCUT2D eigenvalue weighted by Crippen LogP contribution is 2.23. The smallest absolute Gasteiger partial charge is 0.335 e. The zero-order chi connectivity index (χ0) is 14.0. The number of nitrogen functional groups attached to an aromatic ring is 1. The second-order valence-electron chi connectivity index (χ2n) is 3.91. The molecule has 0 bridgehead atoms. The standard InChI is InChI=1S/C13H11NO4S/c14-10-4-2-6-12(8-10)19(17,18)11-5-1-3-9(7-11)13(15)16/h1-8H,14H2,(H,15,16). The molecule has 0 aliphatic rings. The van der Waals surface area contributed by atoms with Crippen LogP contribution in [-0.4, -0.2) is 19.5 Å². The van der Waals surface area contributed by atoms with E-state index in [-0.39, 0.29) is 15.4 Å². The molecule has 98 valence electrons. The van der Waals surface area contributed by atoms with E-state index in [9.17, 15) is 13.2 Å². The van der Waals surface area contributed by atoms with Crippen LogP contribution in [0, 0.1) is 0 Å². The quantitative estimate of drug-likeness (QED) is 0.834. The van der Waals surface area contributed by atoms with Gasteiger partial charge in [0.05, 0.1) is 15.4 Å². The normalized spacial score (nSPS) is 11.2. The van der Waals surface area contributed by atoms with Crippen LogP contribution in [0.25, 0.3) is 0 Å². The summed E-state index contributed by atoms with van der Waals surface area (Å²) in [4.78, 5) is 10.8. The van der Waals surface area contributed by atoms with Crippen molar-refractivity contribution in [2.45, 2.75) is 9.79 Å². The third kappa shape index (κ3) is 2.58. The van der Waals surface area contributed by atoms with Gasteiger partial charge in [-0.05, 0) is 36.4 Å². The van der Waals surface area contributed by atoms with Crippen LogP contribution in [0.5, 0.6) is 0 Å². The van der Waals surface area contributed by atoms with E-state index in [0.29, 0.717) is 5.69 Å². The van der Waals surface area contributed by atoms with Gasteiger partial charge in [0, 0.05) is 5.69 Å². The fourth-order valence-electron chi connectivity index (χ4n) is 1.61. The van der Waals surface area contributed by atoms with Gasteiger partial charge in [0.1, 0.15) is 0 Å². The average Bonchev–Trinajstić information content (AvgIpc) is 2.39. The van der Waals surface area contributed by atoms with Crippen LogP contribution in [0.3, 0.4) is 0 Å². The molecule has 2 rings (SSSR count). The molecule has 0 radical (unpaired) electrons. The van der Waals surface area contributed by atoms with Gasteiger partial charge in [-0.25, -0.2) is 13.2 Å². The van der Waals surface area contributed by atoms with Crippen molar-refractivity contribution in [3.8, 4) is 0 Å². The number of hydrogen-bond donors (Lipinski definition) is 2. The molecule has 0 spiro atoms. The van der Waals surface area contributed by atoms with Crippen molar-refractivity contribution in [3.05, 3.63) is 54.1 Å². The highest BCUT2D eigenvalue weighted by molar-refractivity contribution is 7.91. The van der Waals surface area contributed by atoms with Crippen LogP contribution >= 0.6 is 0 Å². The Kier molecular flexibility index (Phi) is 3.26. The molecule has 3 N–H and O–H groups in total. The number of hydrogen-bond acceptors (Lipinski definition) is 4. The van der Waals surface area contributed by atoms with E-state index in [2.05, 4.69) is 0 Å². The fourth-order valence-corrected chi connectivity index (χ4v) is 2.98. The van der Waals surface area contributed by atoms with Gasteiger partial charge < -0.3 is 10.8 Å². The van der Waals surface area contributed by atoms with Crippen LogP contribution in [0.1, 0.15) is 10.4 Å². The second-order valence-corrected chi connectivity index (χ2v) is 5.86. The van der Waals surface area contributed by atoms with Crippen LogP contribution in [0.15, 0.2) is 58.3 Å². The number of carboxylic acid groups (broad SMARTS) is 1. The molecule has 2 aromatic rings. The van der Waals surface area contributed by atoms with Gasteiger partial charge in [-0.15, -0.1) is 0 Å². The van der Waals surface area contributed by atoms with Gasteiger partial charge >= 0.3 is 5.97 Å². The Hall–Kier alpha value is -2.34. The summed E-state index contributed by atoms with van der Waals surface area (Å²) in [5.41, 5.74) is 5.80. The molecule has 0 saturated carbocycles. The molecule has 0 saturated heterocycles. The Labute approximate surface area is 110 Å². The first-order valence-electron chi connectivity index (χ1n) is 5.35. The van der Waals surface area contributed by atoms with Crippen LogP contribution in [0.2, 0.25) is 0 Å². The maximum Gasteiger partial charge on any atom is 0.335 e. The van der Waals surface area contributed by atoms with Crippen LogP contribution < -0.4 is 5.73 Å². The van der Waals surface area contributed by atoms with E-state index < -0.39 is 15.8 Å². The molecule has 5 nitrogen and oxygen atoms in total. The summed E-state index contributed by atoms with van der Waals surface area (Å²) in [6.45, 7) is 0. The first kappa shape index (κ1) is 13.1. The van der Waals surface area contributed by atoms with Crippen LogP contribution in [-0.2, 0) is 9.84 Å². The van der Waals surface area contributed by atoms with Crippen molar-refractivity contribution in [2.24, 2.45) is 0 Å². The number of nitrogens with two attached hydrogens (primary N) is 1. The topological polar surface area (TPSA) is 97.5 Å². The predicted octanol–water partition coefficient (Wildman–Crippen LogP) is 1.80. The van der Waals surface area contributed by atoms with Crippen molar-refractivity contribution in [1.29, 1.82) is 0 Å². The number of rotatable bonds is 3. The van der Waals surface area contributed by atoms with Gasteiger partial charge in [0.15, 0.2) is 0 Å². The number of carbonyl (C=O) groups is 1. The van der Waals surface area contributed by atoms with Crippen molar-refractivity contribution < 1.29 is 18.3 Å². The number of benzene rings is 2. The molecular formula is C13H11NO4S. The Morgan fingerprint density at radius 3 is 2.16 bits per heavy atom. The summed E-state index contributed by atoms with van der Waals surface area (Å²) >= 11 is 0. The second kappa shape index (κ2) is 4.74. The van der Waals surface area contributed by atoms with Gasteiger partial charge in [0.25, 0.3) is 0 Å². The lowest BCUT2D eigenvalue weighted by Crippen LogP contribution is -2.05. The third-order valence-electron chi connectivity index (χ3n) is 2.56. The summed E-state index contributed by atoms with van der Waals surface area (Å²) in [7, 11) is -3.76. The highest BCUT2D eigenvalue weighted by atomic mass is 32.2. The molecule has 0 aliphatic heterocycles. The monoisotopic (exact) mass is 277 g/mol. The van der Waals surface area contributed by atoms with E-state index >= 15 is 0 Å². The van der Waals surface area contributed by atoms with E-state index in [1.165, 1.54) is 36.4 Å². The molecular weight excluding hydrogens is 266 g/mol. The van der Waals surface area contributed by atoms with Gasteiger partial charge in [-0.2, -0.15) is 0 Å². The molecule has 0 unspecified atom stereocenters. The van der Waals surface area contributed by atoms with Gasteiger partial charge in [-0.1, -0.05) is 12.1 Å². The minimum Gasteiger partial charge on any atom is -0.478 e. The summed E-state index contributed by atoms with van der Waals surface area (Å²) in [5.74, 6) is -1.18. The number of anilines is 1. The molecule has 0 aromatic heterocycles. The molecule has 0 amide bonds. The minimum absolute atomic E-state index is 0.0371. The van der Waals surface area contributed by atoms with Crippen molar-refractivity contribution in [3.63, 3.8) is 0 Å². The van der Waals surface area contributed by atoms with Gasteiger partial charge in [0.2, 0.25) is 9.84 Å². The third-order valence-corrected chi connectivity index (χ3v) is 4.31. The number of carboxylic acids is 1. The lowest BCUT2D eigenvalue weighted by atomic mass is 10.2. The van der Waals surface area contributed by atoms with E-state index in [1.54, 1.807) is 6.07 Å². The molecule has 2 aromatic carbocycles. The van der Waals surface area contributed by atoms with Crippen molar-refractivity contribution in [2.75, 3.05) is 5.73 Å². The molecule has 6 heteroatoms. The average molecular weight is 277 g/mol. The molecule has 0 heterocycles. The Morgan fingerprint density at radius 1 is 1.00 bits per heavy atom. The van der Waals surface area contributed by atoms with E-state index in [0.717, 1.165) is 6.07 Å². The highest BCUT2D eigenvalue weighted by Gasteiger charge is 2.19. The number of sulfone groups is 1. The number of aromatic carboxylic acids is 1. The maximum absolute atomic E-state index is 12.3. The SMILES string of the molecule is Nc1cccc(S(=O)(=O)c2cccc(C(=O)O)c2)c1.